The van der Waals surface area contributed by atoms with E-state index in [0.29, 0.717) is 16.8 Å². The van der Waals surface area contributed by atoms with E-state index in [2.05, 4.69) is 11.1 Å². The average molecular weight is 240 g/mol. The summed E-state index contributed by atoms with van der Waals surface area (Å²) in [6.45, 7) is 0. The lowest BCUT2D eigenvalue weighted by Gasteiger charge is -2.02. The molecule has 0 aliphatic rings. The zero-order valence-electron chi connectivity index (χ0n) is 8.68. The summed E-state index contributed by atoms with van der Waals surface area (Å²) in [6.07, 6.45) is 0. The van der Waals surface area contributed by atoms with Crippen LogP contribution in [-0.2, 0) is 0 Å². The molecule has 2 aromatic rings. The Morgan fingerprint density at radius 3 is 2.53 bits per heavy atom. The molecule has 1 aromatic carbocycles. The lowest BCUT2D eigenvalue weighted by molar-refractivity contribution is 1.30. The third kappa shape index (κ3) is 2.25. The van der Waals surface area contributed by atoms with Gasteiger partial charge in [0.1, 0.15) is 11.2 Å². The maximum Gasteiger partial charge on any atom is 0.147 e. The predicted molar refractivity (Wildman–Crippen MR) is 64.1 cm³/mol. The lowest BCUT2D eigenvalue weighted by Crippen LogP contribution is -1.88. The van der Waals surface area contributed by atoms with Crippen LogP contribution in [0.15, 0.2) is 36.4 Å². The van der Waals surface area contributed by atoms with Gasteiger partial charge in [-0.25, -0.2) is 4.98 Å². The van der Waals surface area contributed by atoms with Crippen molar-refractivity contribution in [2.75, 3.05) is 0 Å². The topological polar surface area (TPSA) is 60.5 Å². The molecule has 80 valence electrons. The highest BCUT2D eigenvalue weighted by atomic mass is 35.5. The van der Waals surface area contributed by atoms with E-state index >= 15 is 0 Å². The Kier molecular flexibility index (Phi) is 3.05. The molecule has 0 aliphatic heterocycles. The second-order valence-corrected chi connectivity index (χ2v) is 3.70. The predicted octanol–water partition coefficient (Wildman–Crippen LogP) is 3.15. The fourth-order valence-electron chi connectivity index (χ4n) is 1.43. The van der Waals surface area contributed by atoms with Crippen molar-refractivity contribution >= 4 is 11.6 Å². The van der Waals surface area contributed by atoms with E-state index in [1.165, 1.54) is 0 Å². The zero-order chi connectivity index (χ0) is 12.3. The summed E-state index contributed by atoms with van der Waals surface area (Å²) in [6, 6.07) is 14.4. The van der Waals surface area contributed by atoms with Gasteiger partial charge in [0, 0.05) is 5.56 Å². The number of halogens is 1. The van der Waals surface area contributed by atoms with Crippen LogP contribution in [0.4, 0.5) is 0 Å². The number of benzene rings is 1. The van der Waals surface area contributed by atoms with Crippen LogP contribution in [0, 0.1) is 22.7 Å². The number of pyridine rings is 1. The van der Waals surface area contributed by atoms with E-state index in [1.54, 1.807) is 30.3 Å². The molecule has 17 heavy (non-hydrogen) atoms. The highest BCUT2D eigenvalue weighted by molar-refractivity contribution is 6.30. The summed E-state index contributed by atoms with van der Waals surface area (Å²) < 4.78 is 0. The molecular weight excluding hydrogens is 234 g/mol. The normalized spacial score (nSPS) is 9.35. The summed E-state index contributed by atoms with van der Waals surface area (Å²) in [7, 11) is 0. The Morgan fingerprint density at radius 2 is 1.88 bits per heavy atom. The summed E-state index contributed by atoms with van der Waals surface area (Å²) >= 11 is 5.85. The summed E-state index contributed by atoms with van der Waals surface area (Å²) in [5, 5.41) is 17.7. The molecule has 0 radical (unpaired) electrons. The SMILES string of the molecule is N#Cc1cccc(-c2ccc(C#N)c(Cl)n2)c1. The van der Waals surface area contributed by atoms with Gasteiger partial charge in [-0.2, -0.15) is 10.5 Å². The van der Waals surface area contributed by atoms with Crippen molar-refractivity contribution in [2.24, 2.45) is 0 Å². The van der Waals surface area contributed by atoms with Gasteiger partial charge in [-0.05, 0) is 24.3 Å². The first-order valence-electron chi connectivity index (χ1n) is 4.82. The lowest BCUT2D eigenvalue weighted by atomic mass is 10.1. The van der Waals surface area contributed by atoms with Crippen LogP contribution in [0.5, 0.6) is 0 Å². The minimum absolute atomic E-state index is 0.173. The van der Waals surface area contributed by atoms with Crippen molar-refractivity contribution in [1.82, 2.24) is 4.98 Å². The molecule has 0 amide bonds. The minimum Gasteiger partial charge on any atom is -0.235 e. The molecule has 0 saturated carbocycles. The highest BCUT2D eigenvalue weighted by Gasteiger charge is 2.05. The second kappa shape index (κ2) is 4.65. The van der Waals surface area contributed by atoms with E-state index in [-0.39, 0.29) is 5.15 Å². The summed E-state index contributed by atoms with van der Waals surface area (Å²) in [5.74, 6) is 0. The molecule has 3 nitrogen and oxygen atoms in total. The van der Waals surface area contributed by atoms with Gasteiger partial charge in [0.25, 0.3) is 0 Å². The van der Waals surface area contributed by atoms with Gasteiger partial charge in [0.05, 0.1) is 22.9 Å². The molecule has 0 aliphatic carbocycles. The van der Waals surface area contributed by atoms with Crippen LogP contribution in [0.2, 0.25) is 5.15 Å². The van der Waals surface area contributed by atoms with Gasteiger partial charge in [-0.1, -0.05) is 23.7 Å². The Balaban J connectivity index is 2.51. The number of nitrogens with zero attached hydrogens (tertiary/aromatic N) is 3. The maximum atomic E-state index is 8.81. The Bertz CT molecular complexity index is 650. The molecule has 0 spiro atoms. The average Bonchev–Trinajstić information content (AvgIpc) is 2.38. The van der Waals surface area contributed by atoms with E-state index in [0.717, 1.165) is 5.56 Å². The first-order valence-corrected chi connectivity index (χ1v) is 5.19. The van der Waals surface area contributed by atoms with E-state index in [4.69, 9.17) is 22.1 Å². The monoisotopic (exact) mass is 239 g/mol. The van der Waals surface area contributed by atoms with E-state index < -0.39 is 0 Å². The zero-order valence-corrected chi connectivity index (χ0v) is 9.44. The van der Waals surface area contributed by atoms with Crippen LogP contribution in [-0.4, -0.2) is 4.98 Å². The highest BCUT2D eigenvalue weighted by Crippen LogP contribution is 2.22. The standard InChI is InChI=1S/C13H6ClN3/c14-13-11(8-16)4-5-12(17-13)10-3-1-2-9(6-10)7-15/h1-6H. The Morgan fingerprint density at radius 1 is 1.06 bits per heavy atom. The third-order valence-electron chi connectivity index (χ3n) is 2.26. The molecule has 0 fully saturated rings. The molecule has 0 atom stereocenters. The van der Waals surface area contributed by atoms with Crippen molar-refractivity contribution in [3.63, 3.8) is 0 Å². The quantitative estimate of drug-likeness (QED) is 0.718. The number of nitriles is 2. The molecule has 4 heteroatoms. The number of aromatic nitrogens is 1. The van der Waals surface area contributed by atoms with Crippen molar-refractivity contribution in [2.45, 2.75) is 0 Å². The van der Waals surface area contributed by atoms with Crippen molar-refractivity contribution in [3.05, 3.63) is 52.7 Å². The Labute approximate surface area is 104 Å². The first-order chi connectivity index (χ1) is 8.24. The summed E-state index contributed by atoms with van der Waals surface area (Å²) in [4.78, 5) is 4.12. The molecule has 1 aromatic heterocycles. The maximum absolute atomic E-state index is 8.81. The van der Waals surface area contributed by atoms with Gasteiger partial charge in [-0.15, -0.1) is 0 Å². The fraction of sp³-hybridized carbons (Fsp3) is 0. The van der Waals surface area contributed by atoms with Gasteiger partial charge in [0.2, 0.25) is 0 Å². The number of hydrogen-bond donors (Lipinski definition) is 0. The molecule has 1 heterocycles. The number of hydrogen-bond acceptors (Lipinski definition) is 3. The number of rotatable bonds is 1. The third-order valence-corrected chi connectivity index (χ3v) is 2.54. The van der Waals surface area contributed by atoms with E-state index in [1.807, 2.05) is 12.1 Å². The first kappa shape index (κ1) is 11.1. The fourth-order valence-corrected chi connectivity index (χ4v) is 1.62. The molecule has 2 rings (SSSR count). The molecular formula is C13H6ClN3. The molecule has 0 saturated heterocycles. The van der Waals surface area contributed by atoms with Gasteiger partial charge in [-0.3, -0.25) is 0 Å². The van der Waals surface area contributed by atoms with Crippen LogP contribution in [0.1, 0.15) is 11.1 Å². The van der Waals surface area contributed by atoms with Gasteiger partial charge in [0.15, 0.2) is 0 Å². The largest absolute Gasteiger partial charge is 0.235 e. The minimum atomic E-state index is 0.173. The van der Waals surface area contributed by atoms with Crippen LogP contribution in [0.3, 0.4) is 0 Å². The second-order valence-electron chi connectivity index (χ2n) is 3.34. The van der Waals surface area contributed by atoms with Crippen LogP contribution < -0.4 is 0 Å². The van der Waals surface area contributed by atoms with Crippen LogP contribution in [0.25, 0.3) is 11.3 Å². The summed E-state index contributed by atoms with van der Waals surface area (Å²) in [5.41, 5.74) is 2.35. The van der Waals surface area contributed by atoms with Crippen molar-refractivity contribution < 1.29 is 0 Å². The van der Waals surface area contributed by atoms with Crippen molar-refractivity contribution in [1.29, 1.82) is 10.5 Å². The molecule has 0 bridgehead atoms. The molecule has 0 unspecified atom stereocenters. The van der Waals surface area contributed by atoms with Crippen molar-refractivity contribution in [3.8, 4) is 23.4 Å². The smallest absolute Gasteiger partial charge is 0.147 e. The molecule has 0 N–H and O–H groups in total. The van der Waals surface area contributed by atoms with Gasteiger partial charge < -0.3 is 0 Å². The van der Waals surface area contributed by atoms with E-state index in [9.17, 15) is 0 Å². The van der Waals surface area contributed by atoms with Crippen LogP contribution >= 0.6 is 11.6 Å². The van der Waals surface area contributed by atoms with Gasteiger partial charge >= 0.3 is 0 Å². The Hall–Kier alpha value is -2.36.